The SMILES string of the molecule is COc1ccc(NC(=O)C(C)Oc2ccccc2F)cc1. The van der Waals surface area contributed by atoms with Gasteiger partial charge < -0.3 is 14.8 Å². The van der Waals surface area contributed by atoms with Gasteiger partial charge in [0.25, 0.3) is 5.91 Å². The largest absolute Gasteiger partial charge is 0.497 e. The van der Waals surface area contributed by atoms with Crippen molar-refractivity contribution in [2.45, 2.75) is 13.0 Å². The summed E-state index contributed by atoms with van der Waals surface area (Å²) in [6.07, 6.45) is -0.816. The summed E-state index contributed by atoms with van der Waals surface area (Å²) in [5, 5.41) is 2.69. The minimum Gasteiger partial charge on any atom is -0.497 e. The Morgan fingerprint density at radius 1 is 1.14 bits per heavy atom. The fraction of sp³-hybridized carbons (Fsp3) is 0.188. The molecule has 0 bridgehead atoms. The van der Waals surface area contributed by atoms with Crippen LogP contribution in [0.25, 0.3) is 0 Å². The molecule has 0 aromatic heterocycles. The zero-order valence-corrected chi connectivity index (χ0v) is 11.8. The molecule has 0 fully saturated rings. The van der Waals surface area contributed by atoms with Crippen LogP contribution in [0, 0.1) is 5.82 Å². The summed E-state index contributed by atoms with van der Waals surface area (Å²) in [5.74, 6) is -0.108. The van der Waals surface area contributed by atoms with Crippen molar-refractivity contribution in [1.82, 2.24) is 0 Å². The third-order valence-corrected chi connectivity index (χ3v) is 2.87. The standard InChI is InChI=1S/C16H16FNO3/c1-11(21-15-6-4-3-5-14(15)17)16(19)18-12-7-9-13(20-2)10-8-12/h3-11H,1-2H3,(H,18,19). The highest BCUT2D eigenvalue weighted by Crippen LogP contribution is 2.18. The minimum absolute atomic E-state index is 0.0508. The smallest absolute Gasteiger partial charge is 0.265 e. The molecule has 0 aliphatic rings. The number of ether oxygens (including phenoxy) is 2. The predicted octanol–water partition coefficient (Wildman–Crippen LogP) is 3.24. The van der Waals surface area contributed by atoms with Gasteiger partial charge in [0.1, 0.15) is 5.75 Å². The van der Waals surface area contributed by atoms with Gasteiger partial charge in [-0.05, 0) is 43.3 Å². The predicted molar refractivity (Wildman–Crippen MR) is 78.1 cm³/mol. The van der Waals surface area contributed by atoms with E-state index in [2.05, 4.69) is 5.32 Å². The minimum atomic E-state index is -0.816. The number of hydrogen-bond acceptors (Lipinski definition) is 3. The van der Waals surface area contributed by atoms with Crippen molar-refractivity contribution in [3.8, 4) is 11.5 Å². The molecule has 1 amide bonds. The van der Waals surface area contributed by atoms with Crippen LogP contribution in [0.5, 0.6) is 11.5 Å². The number of rotatable bonds is 5. The Morgan fingerprint density at radius 2 is 1.81 bits per heavy atom. The molecule has 1 N–H and O–H groups in total. The van der Waals surface area contributed by atoms with Crippen molar-refractivity contribution < 1.29 is 18.7 Å². The van der Waals surface area contributed by atoms with Crippen LogP contribution < -0.4 is 14.8 Å². The van der Waals surface area contributed by atoms with Gasteiger partial charge in [0, 0.05) is 5.69 Å². The van der Waals surface area contributed by atoms with Gasteiger partial charge >= 0.3 is 0 Å². The third-order valence-electron chi connectivity index (χ3n) is 2.87. The highest BCUT2D eigenvalue weighted by molar-refractivity contribution is 5.94. The molecule has 1 unspecified atom stereocenters. The summed E-state index contributed by atoms with van der Waals surface area (Å²) in [5.41, 5.74) is 0.616. The number of carbonyl (C=O) groups is 1. The van der Waals surface area contributed by atoms with Gasteiger partial charge in [-0.3, -0.25) is 4.79 Å². The second-order valence-electron chi connectivity index (χ2n) is 4.41. The molecule has 5 heteroatoms. The first-order chi connectivity index (χ1) is 10.1. The molecular formula is C16H16FNO3. The van der Waals surface area contributed by atoms with Crippen molar-refractivity contribution >= 4 is 11.6 Å². The number of amides is 1. The van der Waals surface area contributed by atoms with Gasteiger partial charge in [-0.2, -0.15) is 0 Å². The molecule has 0 saturated heterocycles. The quantitative estimate of drug-likeness (QED) is 0.919. The number of methoxy groups -OCH3 is 1. The first-order valence-corrected chi connectivity index (χ1v) is 6.46. The molecule has 0 radical (unpaired) electrons. The lowest BCUT2D eigenvalue weighted by molar-refractivity contribution is -0.122. The number of anilines is 1. The zero-order valence-electron chi connectivity index (χ0n) is 11.8. The Morgan fingerprint density at radius 3 is 2.43 bits per heavy atom. The molecule has 2 aromatic rings. The summed E-state index contributed by atoms with van der Waals surface area (Å²) in [4.78, 5) is 12.0. The number of halogens is 1. The Bertz CT molecular complexity index is 613. The summed E-state index contributed by atoms with van der Waals surface area (Å²) < 4.78 is 23.8. The van der Waals surface area contributed by atoms with Crippen LogP contribution in [0.1, 0.15) is 6.92 Å². The third kappa shape index (κ3) is 3.95. The Hall–Kier alpha value is -2.56. The fourth-order valence-corrected chi connectivity index (χ4v) is 1.70. The van der Waals surface area contributed by atoms with Crippen molar-refractivity contribution in [3.05, 3.63) is 54.3 Å². The lowest BCUT2D eigenvalue weighted by Gasteiger charge is -2.15. The molecule has 110 valence electrons. The van der Waals surface area contributed by atoms with Gasteiger partial charge in [0.2, 0.25) is 0 Å². The van der Waals surface area contributed by atoms with Crippen molar-refractivity contribution in [1.29, 1.82) is 0 Å². The molecule has 2 rings (SSSR count). The monoisotopic (exact) mass is 289 g/mol. The molecule has 21 heavy (non-hydrogen) atoms. The molecule has 2 aromatic carbocycles. The number of carbonyl (C=O) groups excluding carboxylic acids is 1. The molecule has 0 aliphatic carbocycles. The van der Waals surface area contributed by atoms with Crippen LogP contribution in [-0.2, 0) is 4.79 Å². The zero-order chi connectivity index (χ0) is 15.2. The number of para-hydroxylation sites is 1. The van der Waals surface area contributed by atoms with E-state index in [0.29, 0.717) is 11.4 Å². The maximum atomic E-state index is 13.5. The van der Waals surface area contributed by atoms with Gasteiger partial charge in [-0.25, -0.2) is 4.39 Å². The van der Waals surface area contributed by atoms with Crippen LogP contribution in [0.4, 0.5) is 10.1 Å². The fourth-order valence-electron chi connectivity index (χ4n) is 1.70. The second-order valence-corrected chi connectivity index (χ2v) is 4.41. The van der Waals surface area contributed by atoms with E-state index in [1.165, 1.54) is 12.1 Å². The van der Waals surface area contributed by atoms with E-state index in [1.54, 1.807) is 50.4 Å². The van der Waals surface area contributed by atoms with Crippen molar-refractivity contribution in [2.24, 2.45) is 0 Å². The summed E-state index contributed by atoms with van der Waals surface area (Å²) in [7, 11) is 1.57. The van der Waals surface area contributed by atoms with E-state index in [0.717, 1.165) is 0 Å². The van der Waals surface area contributed by atoms with Crippen LogP contribution in [-0.4, -0.2) is 19.1 Å². The number of nitrogens with one attached hydrogen (secondary N) is 1. The molecule has 0 aliphatic heterocycles. The lowest BCUT2D eigenvalue weighted by Crippen LogP contribution is -2.30. The number of benzene rings is 2. The van der Waals surface area contributed by atoms with Crippen LogP contribution in [0.15, 0.2) is 48.5 Å². The van der Waals surface area contributed by atoms with Gasteiger partial charge in [0.05, 0.1) is 7.11 Å². The summed E-state index contributed by atoms with van der Waals surface area (Å²) in [6, 6.07) is 12.9. The van der Waals surface area contributed by atoms with Crippen LogP contribution in [0.3, 0.4) is 0 Å². The molecule has 0 spiro atoms. The summed E-state index contributed by atoms with van der Waals surface area (Å²) in [6.45, 7) is 1.56. The van der Waals surface area contributed by atoms with Crippen LogP contribution >= 0.6 is 0 Å². The topological polar surface area (TPSA) is 47.6 Å². The normalized spacial score (nSPS) is 11.6. The first-order valence-electron chi connectivity index (χ1n) is 6.46. The first kappa shape index (κ1) is 14.8. The second kappa shape index (κ2) is 6.74. The van der Waals surface area contributed by atoms with E-state index in [9.17, 15) is 9.18 Å². The maximum absolute atomic E-state index is 13.5. The average Bonchev–Trinajstić information content (AvgIpc) is 2.50. The molecule has 0 saturated carbocycles. The highest BCUT2D eigenvalue weighted by atomic mass is 19.1. The Labute approximate surface area is 122 Å². The van der Waals surface area contributed by atoms with Crippen molar-refractivity contribution in [2.75, 3.05) is 12.4 Å². The number of hydrogen-bond donors (Lipinski definition) is 1. The molecular weight excluding hydrogens is 273 g/mol. The van der Waals surface area contributed by atoms with Gasteiger partial charge in [-0.15, -0.1) is 0 Å². The lowest BCUT2D eigenvalue weighted by atomic mass is 10.2. The average molecular weight is 289 g/mol. The van der Waals surface area contributed by atoms with Gasteiger partial charge in [-0.1, -0.05) is 12.1 Å². The van der Waals surface area contributed by atoms with Gasteiger partial charge in [0.15, 0.2) is 17.7 Å². The molecule has 0 heterocycles. The maximum Gasteiger partial charge on any atom is 0.265 e. The Balaban J connectivity index is 1.97. The van der Waals surface area contributed by atoms with E-state index >= 15 is 0 Å². The van der Waals surface area contributed by atoms with Crippen LogP contribution in [0.2, 0.25) is 0 Å². The van der Waals surface area contributed by atoms with E-state index in [1.807, 2.05) is 0 Å². The highest BCUT2D eigenvalue weighted by Gasteiger charge is 2.16. The summed E-state index contributed by atoms with van der Waals surface area (Å²) >= 11 is 0. The van der Waals surface area contributed by atoms with E-state index in [-0.39, 0.29) is 11.7 Å². The Kier molecular flexibility index (Phi) is 4.77. The molecule has 4 nitrogen and oxygen atoms in total. The molecule has 1 atom stereocenters. The van der Waals surface area contributed by atoms with E-state index < -0.39 is 11.9 Å². The van der Waals surface area contributed by atoms with E-state index in [4.69, 9.17) is 9.47 Å². The van der Waals surface area contributed by atoms with Crippen molar-refractivity contribution in [3.63, 3.8) is 0 Å².